The minimum absolute atomic E-state index is 0.0707. The molecule has 0 radical (unpaired) electrons. The van der Waals surface area contributed by atoms with Crippen molar-refractivity contribution in [2.75, 3.05) is 13.2 Å². The number of hydrogen-bond acceptors (Lipinski definition) is 6. The third-order valence-corrected chi connectivity index (χ3v) is 15.6. The Balaban J connectivity index is 4.31. The van der Waals surface area contributed by atoms with Crippen LogP contribution < -0.4 is 0 Å². The predicted molar refractivity (Wildman–Crippen MR) is 335 cm³/mol. The van der Waals surface area contributed by atoms with Crippen molar-refractivity contribution in [3.63, 3.8) is 0 Å². The number of ether oxygens (including phenoxy) is 3. The van der Waals surface area contributed by atoms with Gasteiger partial charge in [-0.1, -0.05) is 320 Å². The van der Waals surface area contributed by atoms with Gasteiger partial charge in [-0.3, -0.25) is 14.4 Å². The summed E-state index contributed by atoms with van der Waals surface area (Å²) in [5.41, 5.74) is 0. The van der Waals surface area contributed by atoms with Crippen LogP contribution in [-0.4, -0.2) is 37.2 Å². The molecule has 0 aliphatic rings. The highest BCUT2D eigenvalue weighted by Crippen LogP contribution is 2.18. The third kappa shape index (κ3) is 64.3. The van der Waals surface area contributed by atoms with Gasteiger partial charge in [-0.15, -0.1) is 0 Å². The molecule has 0 bridgehead atoms. The normalized spacial score (nSPS) is 12.2. The molecule has 0 aliphatic carbocycles. The predicted octanol–water partition coefficient (Wildman–Crippen LogP) is 23.6. The molecular weight excluding hydrogens is 949 g/mol. The van der Waals surface area contributed by atoms with E-state index in [4.69, 9.17) is 14.2 Å². The molecule has 1 unspecified atom stereocenters. The number of esters is 3. The number of carbonyl (C=O) groups is 3. The van der Waals surface area contributed by atoms with E-state index in [0.29, 0.717) is 19.3 Å². The fourth-order valence-electron chi connectivity index (χ4n) is 10.4. The molecule has 1 atom stereocenters. The molecule has 77 heavy (non-hydrogen) atoms. The van der Waals surface area contributed by atoms with E-state index in [-0.39, 0.29) is 31.1 Å². The number of rotatable bonds is 64. The maximum atomic E-state index is 12.9. The maximum Gasteiger partial charge on any atom is 0.306 e. The summed E-state index contributed by atoms with van der Waals surface area (Å²) >= 11 is 0. The first-order valence-electron chi connectivity index (χ1n) is 34.5. The molecule has 0 aromatic carbocycles. The Labute approximate surface area is 480 Å². The first kappa shape index (κ1) is 74.6. The second kappa shape index (κ2) is 66.1. The van der Waals surface area contributed by atoms with Gasteiger partial charge < -0.3 is 14.2 Å². The van der Waals surface area contributed by atoms with E-state index >= 15 is 0 Å². The van der Waals surface area contributed by atoms with Gasteiger partial charge in [-0.25, -0.2) is 0 Å². The molecule has 0 amide bonds. The SMILES string of the molecule is CCCCCC/C=C\C/C=C\CCCCCCCCCC(=O)OC(COC(=O)CCCCCCCCCCCCC/C=C\CCCCCCCCCC)COC(=O)CCCCCCCCCCCCCCCCCCCC. The lowest BCUT2D eigenvalue weighted by atomic mass is 10.0. The monoisotopic (exact) mass is 1080 g/mol. The highest BCUT2D eigenvalue weighted by molar-refractivity contribution is 5.71. The van der Waals surface area contributed by atoms with Crippen LogP contribution >= 0.6 is 0 Å². The van der Waals surface area contributed by atoms with Gasteiger partial charge in [0.1, 0.15) is 13.2 Å². The first-order chi connectivity index (χ1) is 38.0. The molecule has 0 rings (SSSR count). The van der Waals surface area contributed by atoms with Gasteiger partial charge in [0.2, 0.25) is 0 Å². The zero-order chi connectivity index (χ0) is 55.7. The quantitative estimate of drug-likeness (QED) is 0.0261. The molecule has 6 heteroatoms. The Morgan fingerprint density at radius 3 is 0.740 bits per heavy atom. The van der Waals surface area contributed by atoms with Crippen LogP contribution in [0.15, 0.2) is 36.5 Å². The molecule has 0 N–H and O–H groups in total. The van der Waals surface area contributed by atoms with Crippen molar-refractivity contribution in [1.29, 1.82) is 0 Å². The fourth-order valence-corrected chi connectivity index (χ4v) is 10.4. The molecule has 452 valence electrons. The molecule has 0 fully saturated rings. The van der Waals surface area contributed by atoms with Gasteiger partial charge >= 0.3 is 17.9 Å². The van der Waals surface area contributed by atoms with Crippen LogP contribution in [0, 0.1) is 0 Å². The Bertz CT molecular complexity index is 1290. The zero-order valence-corrected chi connectivity index (χ0v) is 52.0. The Morgan fingerprint density at radius 1 is 0.260 bits per heavy atom. The minimum Gasteiger partial charge on any atom is -0.462 e. The second-order valence-corrected chi connectivity index (χ2v) is 23.4. The van der Waals surface area contributed by atoms with Crippen molar-refractivity contribution in [2.24, 2.45) is 0 Å². The summed E-state index contributed by atoms with van der Waals surface area (Å²) in [5, 5.41) is 0. The molecule has 6 nitrogen and oxygen atoms in total. The van der Waals surface area contributed by atoms with Crippen LogP contribution in [-0.2, 0) is 28.6 Å². The topological polar surface area (TPSA) is 78.9 Å². The summed E-state index contributed by atoms with van der Waals surface area (Å²) in [7, 11) is 0. The number of allylic oxidation sites excluding steroid dienone is 6. The third-order valence-electron chi connectivity index (χ3n) is 15.6. The number of hydrogen-bond donors (Lipinski definition) is 0. The minimum atomic E-state index is -0.775. The van der Waals surface area contributed by atoms with Crippen molar-refractivity contribution in [2.45, 2.75) is 386 Å². The van der Waals surface area contributed by atoms with Crippen LogP contribution in [0.3, 0.4) is 0 Å². The molecule has 0 heterocycles. The van der Waals surface area contributed by atoms with Crippen molar-refractivity contribution in [3.8, 4) is 0 Å². The van der Waals surface area contributed by atoms with E-state index < -0.39 is 6.10 Å². The largest absolute Gasteiger partial charge is 0.462 e. The average molecular weight is 1080 g/mol. The van der Waals surface area contributed by atoms with E-state index in [1.165, 1.54) is 270 Å². The molecule has 0 aromatic heterocycles. The molecule has 0 spiro atoms. The van der Waals surface area contributed by atoms with Gasteiger partial charge in [0.05, 0.1) is 0 Å². The van der Waals surface area contributed by atoms with Gasteiger partial charge in [-0.2, -0.15) is 0 Å². The lowest BCUT2D eigenvalue weighted by Gasteiger charge is -2.18. The smallest absolute Gasteiger partial charge is 0.306 e. The summed E-state index contributed by atoms with van der Waals surface area (Å²) in [5.74, 6) is -0.851. The lowest BCUT2D eigenvalue weighted by molar-refractivity contribution is -0.167. The van der Waals surface area contributed by atoms with Crippen molar-refractivity contribution in [1.82, 2.24) is 0 Å². The Hall–Kier alpha value is -2.37. The van der Waals surface area contributed by atoms with Crippen LogP contribution in [0.4, 0.5) is 0 Å². The van der Waals surface area contributed by atoms with Crippen LogP contribution in [0.25, 0.3) is 0 Å². The number of carbonyl (C=O) groups excluding carboxylic acids is 3. The van der Waals surface area contributed by atoms with Gasteiger partial charge in [0.25, 0.3) is 0 Å². The molecular formula is C71H132O6. The van der Waals surface area contributed by atoms with E-state index in [9.17, 15) is 14.4 Å². The lowest BCUT2D eigenvalue weighted by Crippen LogP contribution is -2.30. The summed E-state index contributed by atoms with van der Waals surface area (Å²) < 4.78 is 17.0. The second-order valence-electron chi connectivity index (χ2n) is 23.4. The van der Waals surface area contributed by atoms with Crippen LogP contribution in [0.5, 0.6) is 0 Å². The highest BCUT2D eigenvalue weighted by Gasteiger charge is 2.19. The summed E-state index contributed by atoms with van der Waals surface area (Å²) in [6.45, 7) is 6.69. The summed E-state index contributed by atoms with van der Waals surface area (Å²) in [6.07, 6.45) is 81.6. The first-order valence-corrected chi connectivity index (χ1v) is 34.5. The summed E-state index contributed by atoms with van der Waals surface area (Å²) in [4.78, 5) is 38.4. The highest BCUT2D eigenvalue weighted by atomic mass is 16.6. The van der Waals surface area contributed by atoms with Crippen molar-refractivity contribution in [3.05, 3.63) is 36.5 Å². The molecule has 0 saturated carbocycles. The standard InChI is InChI=1S/C71H132O6/c1-4-7-10-13-16-19-22-25-28-31-34-35-36-37-38-41-43-46-49-52-55-58-61-64-70(73)76-67-68(77-71(74)65-62-59-56-53-50-47-44-40-33-30-27-24-21-18-15-12-9-6-3)66-75-69(72)63-60-57-54-51-48-45-42-39-32-29-26-23-20-17-14-11-8-5-2/h21,24,30-31,33-34,68H,4-20,22-23,25-29,32,35-67H2,1-3H3/b24-21-,33-30-,34-31-. The van der Waals surface area contributed by atoms with E-state index in [0.717, 1.165) is 70.6 Å². The average Bonchev–Trinajstić information content (AvgIpc) is 3.43. The van der Waals surface area contributed by atoms with E-state index in [1.54, 1.807) is 0 Å². The summed E-state index contributed by atoms with van der Waals surface area (Å²) in [6, 6.07) is 0. The zero-order valence-electron chi connectivity index (χ0n) is 52.0. The van der Waals surface area contributed by atoms with E-state index in [1.807, 2.05) is 0 Å². The van der Waals surface area contributed by atoms with Crippen LogP contribution in [0.2, 0.25) is 0 Å². The Morgan fingerprint density at radius 2 is 0.468 bits per heavy atom. The van der Waals surface area contributed by atoms with Crippen molar-refractivity contribution >= 4 is 17.9 Å². The fraction of sp³-hybridized carbons (Fsp3) is 0.873. The number of unbranched alkanes of at least 4 members (excludes halogenated alkanes) is 47. The van der Waals surface area contributed by atoms with Gasteiger partial charge in [0, 0.05) is 19.3 Å². The van der Waals surface area contributed by atoms with Gasteiger partial charge in [0.15, 0.2) is 6.10 Å². The van der Waals surface area contributed by atoms with Crippen molar-refractivity contribution < 1.29 is 28.6 Å². The molecule has 0 aromatic rings. The van der Waals surface area contributed by atoms with Crippen LogP contribution in [0.1, 0.15) is 380 Å². The Kier molecular flexibility index (Phi) is 64.1. The molecule has 0 aliphatic heterocycles. The van der Waals surface area contributed by atoms with Gasteiger partial charge in [-0.05, 0) is 77.0 Å². The molecule has 0 saturated heterocycles. The maximum absolute atomic E-state index is 12.9. The van der Waals surface area contributed by atoms with E-state index in [2.05, 4.69) is 57.2 Å².